The molecule has 0 aromatic heterocycles. The highest BCUT2D eigenvalue weighted by Gasteiger charge is 2.16. The normalized spacial score (nSPS) is 17.5. The second-order valence-corrected chi connectivity index (χ2v) is 4.98. The van der Waals surface area contributed by atoms with Crippen LogP contribution in [-0.4, -0.2) is 39.3 Å². The molecule has 1 saturated heterocycles. The lowest BCUT2D eigenvalue weighted by Crippen LogP contribution is -2.46. The van der Waals surface area contributed by atoms with Gasteiger partial charge in [-0.15, -0.1) is 12.4 Å². The van der Waals surface area contributed by atoms with Gasteiger partial charge in [-0.1, -0.05) is 6.07 Å². The zero-order valence-electron chi connectivity index (χ0n) is 12.5. The number of carbonyl (C=O) groups is 1. The molecule has 1 aliphatic rings. The van der Waals surface area contributed by atoms with E-state index in [1.54, 1.807) is 14.2 Å². The molecule has 0 radical (unpaired) electrons. The quantitative estimate of drug-likeness (QED) is 0.865. The van der Waals surface area contributed by atoms with E-state index in [-0.39, 0.29) is 24.4 Å². The summed E-state index contributed by atoms with van der Waals surface area (Å²) in [5.41, 5.74) is 0.920. The van der Waals surface area contributed by atoms with Crippen LogP contribution >= 0.6 is 12.4 Å². The van der Waals surface area contributed by atoms with Crippen LogP contribution in [0.2, 0.25) is 0 Å². The maximum Gasteiger partial charge on any atom is 0.224 e. The third-order valence-electron chi connectivity index (χ3n) is 3.47. The molecule has 2 rings (SSSR count). The van der Waals surface area contributed by atoms with Crippen LogP contribution in [0.4, 0.5) is 0 Å². The third-order valence-corrected chi connectivity index (χ3v) is 3.47. The zero-order chi connectivity index (χ0) is 14.4. The summed E-state index contributed by atoms with van der Waals surface area (Å²) in [5.74, 6) is 1.37. The van der Waals surface area contributed by atoms with E-state index in [1.807, 2.05) is 18.2 Å². The van der Waals surface area contributed by atoms with Crippen LogP contribution in [0.25, 0.3) is 0 Å². The second-order valence-electron chi connectivity index (χ2n) is 4.98. The SMILES string of the molecule is COc1ccc(CC(=O)NC2CCCNC2)cc1OC.Cl. The summed E-state index contributed by atoms with van der Waals surface area (Å²) >= 11 is 0. The van der Waals surface area contributed by atoms with Crippen LogP contribution in [0.1, 0.15) is 18.4 Å². The van der Waals surface area contributed by atoms with Gasteiger partial charge in [0.2, 0.25) is 5.91 Å². The average Bonchev–Trinajstić information content (AvgIpc) is 2.48. The lowest BCUT2D eigenvalue weighted by molar-refractivity contribution is -0.121. The molecule has 0 aliphatic carbocycles. The number of hydrogen-bond acceptors (Lipinski definition) is 4. The van der Waals surface area contributed by atoms with Crippen molar-refractivity contribution in [2.75, 3.05) is 27.3 Å². The number of carbonyl (C=O) groups excluding carboxylic acids is 1. The summed E-state index contributed by atoms with van der Waals surface area (Å²) in [6.07, 6.45) is 2.52. The molecular weight excluding hydrogens is 292 g/mol. The molecule has 1 atom stereocenters. The first kappa shape index (κ1) is 17.6. The van der Waals surface area contributed by atoms with Crippen molar-refractivity contribution < 1.29 is 14.3 Å². The van der Waals surface area contributed by atoms with E-state index in [9.17, 15) is 4.79 Å². The van der Waals surface area contributed by atoms with Crippen molar-refractivity contribution in [2.45, 2.75) is 25.3 Å². The summed E-state index contributed by atoms with van der Waals surface area (Å²) < 4.78 is 10.4. The monoisotopic (exact) mass is 314 g/mol. The van der Waals surface area contributed by atoms with Gasteiger partial charge in [0, 0.05) is 12.6 Å². The topological polar surface area (TPSA) is 59.6 Å². The zero-order valence-corrected chi connectivity index (χ0v) is 13.3. The standard InChI is InChI=1S/C15H22N2O3.ClH/c1-19-13-6-5-11(8-14(13)20-2)9-15(18)17-12-4-3-7-16-10-12;/h5-6,8,12,16H,3-4,7,9-10H2,1-2H3,(H,17,18);1H. The summed E-state index contributed by atoms with van der Waals surface area (Å²) in [7, 11) is 3.19. The van der Waals surface area contributed by atoms with Gasteiger partial charge in [-0.25, -0.2) is 0 Å². The molecule has 1 aliphatic heterocycles. The minimum atomic E-state index is 0. The van der Waals surface area contributed by atoms with E-state index in [1.165, 1.54) is 0 Å². The number of piperidine rings is 1. The molecule has 1 unspecified atom stereocenters. The number of halogens is 1. The Kier molecular flexibility index (Phi) is 7.32. The molecule has 1 fully saturated rings. The number of nitrogens with one attached hydrogen (secondary N) is 2. The molecule has 0 bridgehead atoms. The lowest BCUT2D eigenvalue weighted by atomic mass is 10.1. The fourth-order valence-electron chi connectivity index (χ4n) is 2.43. The Balaban J connectivity index is 0.00000220. The van der Waals surface area contributed by atoms with Gasteiger partial charge in [-0.2, -0.15) is 0 Å². The van der Waals surface area contributed by atoms with Crippen molar-refractivity contribution in [3.8, 4) is 11.5 Å². The minimum absolute atomic E-state index is 0. The fourth-order valence-corrected chi connectivity index (χ4v) is 2.43. The molecular formula is C15H23ClN2O3. The van der Waals surface area contributed by atoms with Gasteiger partial charge in [0.1, 0.15) is 0 Å². The maximum absolute atomic E-state index is 12.0. The predicted octanol–water partition coefficient (Wildman–Crippen LogP) is 1.54. The lowest BCUT2D eigenvalue weighted by Gasteiger charge is -2.23. The van der Waals surface area contributed by atoms with Crippen LogP contribution in [-0.2, 0) is 11.2 Å². The number of benzene rings is 1. The second kappa shape index (κ2) is 8.74. The Morgan fingerprint density at radius 3 is 2.71 bits per heavy atom. The Hall–Kier alpha value is -1.46. The van der Waals surface area contributed by atoms with Gasteiger partial charge >= 0.3 is 0 Å². The van der Waals surface area contributed by atoms with Crippen molar-refractivity contribution in [3.05, 3.63) is 23.8 Å². The molecule has 118 valence electrons. The van der Waals surface area contributed by atoms with Gasteiger partial charge in [0.05, 0.1) is 20.6 Å². The fraction of sp³-hybridized carbons (Fsp3) is 0.533. The highest BCUT2D eigenvalue weighted by Crippen LogP contribution is 2.27. The molecule has 5 nitrogen and oxygen atoms in total. The molecule has 21 heavy (non-hydrogen) atoms. The largest absolute Gasteiger partial charge is 0.493 e. The Labute approximate surface area is 131 Å². The van der Waals surface area contributed by atoms with E-state index >= 15 is 0 Å². The first-order chi connectivity index (χ1) is 9.72. The maximum atomic E-state index is 12.0. The van der Waals surface area contributed by atoms with Crippen LogP contribution in [0, 0.1) is 0 Å². The van der Waals surface area contributed by atoms with Crippen molar-refractivity contribution in [1.82, 2.24) is 10.6 Å². The summed E-state index contributed by atoms with van der Waals surface area (Å²) in [6, 6.07) is 5.80. The third kappa shape index (κ3) is 5.10. The molecule has 2 N–H and O–H groups in total. The molecule has 1 aromatic rings. The Morgan fingerprint density at radius 1 is 1.33 bits per heavy atom. The molecule has 0 saturated carbocycles. The molecule has 1 heterocycles. The van der Waals surface area contributed by atoms with Crippen LogP contribution in [0.15, 0.2) is 18.2 Å². The van der Waals surface area contributed by atoms with E-state index in [0.29, 0.717) is 17.9 Å². The number of amides is 1. The smallest absolute Gasteiger partial charge is 0.224 e. The number of rotatable bonds is 5. The van der Waals surface area contributed by atoms with Gasteiger partial charge < -0.3 is 20.1 Å². The van der Waals surface area contributed by atoms with Crippen molar-refractivity contribution in [2.24, 2.45) is 0 Å². The van der Waals surface area contributed by atoms with Crippen LogP contribution in [0.3, 0.4) is 0 Å². The van der Waals surface area contributed by atoms with E-state index in [0.717, 1.165) is 31.5 Å². The van der Waals surface area contributed by atoms with Crippen molar-refractivity contribution in [3.63, 3.8) is 0 Å². The van der Waals surface area contributed by atoms with Gasteiger partial charge in [0.25, 0.3) is 0 Å². The molecule has 0 spiro atoms. The Bertz CT molecular complexity index is 462. The minimum Gasteiger partial charge on any atom is -0.493 e. The average molecular weight is 315 g/mol. The number of hydrogen-bond donors (Lipinski definition) is 2. The van der Waals surface area contributed by atoms with Gasteiger partial charge in [0.15, 0.2) is 11.5 Å². The van der Waals surface area contributed by atoms with Crippen LogP contribution < -0.4 is 20.1 Å². The Morgan fingerprint density at radius 2 is 2.10 bits per heavy atom. The first-order valence-corrected chi connectivity index (χ1v) is 6.94. The van der Waals surface area contributed by atoms with Crippen molar-refractivity contribution in [1.29, 1.82) is 0 Å². The first-order valence-electron chi connectivity index (χ1n) is 6.94. The molecule has 1 amide bonds. The molecule has 6 heteroatoms. The van der Waals surface area contributed by atoms with E-state index in [4.69, 9.17) is 9.47 Å². The molecule has 1 aromatic carbocycles. The van der Waals surface area contributed by atoms with Crippen molar-refractivity contribution >= 4 is 18.3 Å². The predicted molar refractivity (Wildman–Crippen MR) is 84.5 cm³/mol. The number of methoxy groups -OCH3 is 2. The summed E-state index contributed by atoms with van der Waals surface area (Å²) in [5, 5.41) is 6.35. The number of ether oxygens (including phenoxy) is 2. The van der Waals surface area contributed by atoms with E-state index in [2.05, 4.69) is 10.6 Å². The van der Waals surface area contributed by atoms with Crippen LogP contribution in [0.5, 0.6) is 11.5 Å². The highest BCUT2D eigenvalue weighted by molar-refractivity contribution is 5.85. The summed E-state index contributed by atoms with van der Waals surface area (Å²) in [6.45, 7) is 1.90. The van der Waals surface area contributed by atoms with E-state index < -0.39 is 0 Å². The van der Waals surface area contributed by atoms with Gasteiger partial charge in [-0.3, -0.25) is 4.79 Å². The van der Waals surface area contributed by atoms with Gasteiger partial charge in [-0.05, 0) is 37.1 Å². The highest BCUT2D eigenvalue weighted by atomic mass is 35.5. The summed E-state index contributed by atoms with van der Waals surface area (Å²) in [4.78, 5) is 12.0.